The van der Waals surface area contributed by atoms with E-state index in [4.69, 9.17) is 28.4 Å². The Balaban J connectivity index is 2.43. The first-order valence-electron chi connectivity index (χ1n) is 9.29. The number of carbonyl (C=O) groups excluding carboxylic acids is 4. The minimum absolute atomic E-state index is 0.155. The number of hydrogen-bond acceptors (Lipinski definition) is 10. The van der Waals surface area contributed by atoms with Gasteiger partial charge in [-0.2, -0.15) is 0 Å². The molecule has 1 aromatic carbocycles. The van der Waals surface area contributed by atoms with Gasteiger partial charge >= 0.3 is 23.9 Å². The maximum Gasteiger partial charge on any atom is 0.303 e. The summed E-state index contributed by atoms with van der Waals surface area (Å²) in [5, 5.41) is 0. The first-order chi connectivity index (χ1) is 14.6. The Morgan fingerprint density at radius 1 is 0.806 bits per heavy atom. The van der Waals surface area contributed by atoms with E-state index in [1.54, 1.807) is 0 Å². The van der Waals surface area contributed by atoms with E-state index in [1.807, 2.05) is 0 Å². The lowest BCUT2D eigenvalue weighted by atomic mass is 9.98. The molecular weight excluding hydrogens is 419 g/mol. The van der Waals surface area contributed by atoms with Crippen LogP contribution in [0.15, 0.2) is 24.3 Å². The van der Waals surface area contributed by atoms with E-state index in [2.05, 4.69) is 0 Å². The Labute approximate surface area is 177 Å². The summed E-state index contributed by atoms with van der Waals surface area (Å²) < 4.78 is 45.4. The summed E-state index contributed by atoms with van der Waals surface area (Å²) in [6.45, 7) is 4.14. The molecule has 0 N–H and O–H groups in total. The smallest absolute Gasteiger partial charge is 0.303 e. The van der Waals surface area contributed by atoms with Crippen molar-refractivity contribution in [3.63, 3.8) is 0 Å². The fraction of sp³-hybridized carbons (Fsp3) is 0.500. The van der Waals surface area contributed by atoms with Gasteiger partial charge in [-0.15, -0.1) is 0 Å². The number of esters is 4. The molecule has 1 fully saturated rings. The molecule has 10 nitrogen and oxygen atoms in total. The molecule has 2 rings (SSSR count). The molecule has 1 aliphatic rings. The van der Waals surface area contributed by atoms with Gasteiger partial charge in [0.05, 0.1) is 0 Å². The molecule has 0 aliphatic carbocycles. The molecule has 1 saturated heterocycles. The molecular formula is C20H23FO10. The highest BCUT2D eigenvalue weighted by atomic mass is 19.1. The van der Waals surface area contributed by atoms with Gasteiger partial charge in [-0.05, 0) is 24.3 Å². The van der Waals surface area contributed by atoms with Crippen molar-refractivity contribution in [2.75, 3.05) is 6.61 Å². The predicted octanol–water partition coefficient (Wildman–Crippen LogP) is 1.29. The zero-order valence-electron chi connectivity index (χ0n) is 17.4. The van der Waals surface area contributed by atoms with Gasteiger partial charge in [-0.25, -0.2) is 4.39 Å². The van der Waals surface area contributed by atoms with Crippen molar-refractivity contribution in [1.29, 1.82) is 0 Å². The second-order valence-electron chi connectivity index (χ2n) is 6.64. The van der Waals surface area contributed by atoms with Crippen molar-refractivity contribution >= 4 is 23.9 Å². The third-order valence-corrected chi connectivity index (χ3v) is 4.01. The lowest BCUT2D eigenvalue weighted by Crippen LogP contribution is -2.63. The summed E-state index contributed by atoms with van der Waals surface area (Å²) in [5.74, 6) is -3.23. The van der Waals surface area contributed by atoms with E-state index in [0.29, 0.717) is 0 Å². The Kier molecular flexibility index (Phi) is 8.31. The third-order valence-electron chi connectivity index (χ3n) is 4.01. The maximum absolute atomic E-state index is 13.2. The zero-order chi connectivity index (χ0) is 23.1. The monoisotopic (exact) mass is 442 g/mol. The molecule has 11 heteroatoms. The van der Waals surface area contributed by atoms with Crippen LogP contribution in [0.3, 0.4) is 0 Å². The van der Waals surface area contributed by atoms with Crippen molar-refractivity contribution < 1.29 is 52.0 Å². The normalized spacial score (nSPS) is 25.1. The zero-order valence-corrected chi connectivity index (χ0v) is 17.4. The number of rotatable bonds is 7. The van der Waals surface area contributed by atoms with E-state index in [1.165, 1.54) is 19.1 Å². The van der Waals surface area contributed by atoms with Crippen molar-refractivity contribution in [3.05, 3.63) is 30.1 Å². The molecule has 31 heavy (non-hydrogen) atoms. The van der Waals surface area contributed by atoms with Crippen LogP contribution in [0.2, 0.25) is 0 Å². The van der Waals surface area contributed by atoms with E-state index in [0.717, 1.165) is 32.9 Å². The van der Waals surface area contributed by atoms with E-state index >= 15 is 0 Å². The van der Waals surface area contributed by atoms with Crippen LogP contribution >= 0.6 is 0 Å². The van der Waals surface area contributed by atoms with Crippen LogP contribution < -0.4 is 4.74 Å². The quantitative estimate of drug-likeness (QED) is 0.451. The third kappa shape index (κ3) is 7.21. The van der Waals surface area contributed by atoms with Gasteiger partial charge in [0.1, 0.15) is 24.3 Å². The van der Waals surface area contributed by atoms with Gasteiger partial charge in [0.2, 0.25) is 12.4 Å². The summed E-state index contributed by atoms with van der Waals surface area (Å²) in [6, 6.07) is 4.90. The molecule has 0 radical (unpaired) electrons. The van der Waals surface area contributed by atoms with Gasteiger partial charge < -0.3 is 28.4 Å². The second-order valence-corrected chi connectivity index (χ2v) is 6.64. The van der Waals surface area contributed by atoms with Crippen LogP contribution in [0.4, 0.5) is 4.39 Å². The minimum Gasteiger partial charge on any atom is -0.463 e. The topological polar surface area (TPSA) is 124 Å². The van der Waals surface area contributed by atoms with E-state index < -0.39 is 60.4 Å². The van der Waals surface area contributed by atoms with E-state index in [9.17, 15) is 23.6 Å². The van der Waals surface area contributed by atoms with Crippen LogP contribution in [0, 0.1) is 5.82 Å². The molecule has 0 aromatic heterocycles. The molecule has 0 spiro atoms. The number of benzene rings is 1. The number of ether oxygens (including phenoxy) is 6. The van der Waals surface area contributed by atoms with Crippen LogP contribution in [-0.2, 0) is 42.9 Å². The first-order valence-corrected chi connectivity index (χ1v) is 9.29. The summed E-state index contributed by atoms with van der Waals surface area (Å²) in [5.41, 5.74) is 0. The van der Waals surface area contributed by atoms with Crippen molar-refractivity contribution in [3.8, 4) is 5.75 Å². The number of hydrogen-bond donors (Lipinski definition) is 0. The molecule has 2 unspecified atom stereocenters. The maximum atomic E-state index is 13.2. The average molecular weight is 442 g/mol. The average Bonchev–Trinajstić information content (AvgIpc) is 2.65. The van der Waals surface area contributed by atoms with Crippen molar-refractivity contribution in [2.24, 2.45) is 0 Å². The lowest BCUT2D eigenvalue weighted by molar-refractivity contribution is -0.288. The summed E-state index contributed by atoms with van der Waals surface area (Å²) >= 11 is 0. The molecule has 1 aromatic rings. The van der Waals surface area contributed by atoms with Gasteiger partial charge in [-0.3, -0.25) is 19.2 Å². The van der Waals surface area contributed by atoms with Crippen molar-refractivity contribution in [2.45, 2.75) is 58.4 Å². The molecule has 170 valence electrons. The summed E-state index contributed by atoms with van der Waals surface area (Å²) in [4.78, 5) is 46.4. The highest BCUT2D eigenvalue weighted by molar-refractivity contribution is 5.68. The van der Waals surface area contributed by atoms with Gasteiger partial charge in [-0.1, -0.05) is 0 Å². The largest absolute Gasteiger partial charge is 0.463 e. The molecule has 1 heterocycles. The summed E-state index contributed by atoms with van der Waals surface area (Å²) in [7, 11) is 0. The highest BCUT2D eigenvalue weighted by Crippen LogP contribution is 2.31. The Bertz CT molecular complexity index is 809. The van der Waals surface area contributed by atoms with Gasteiger partial charge in [0.15, 0.2) is 12.2 Å². The van der Waals surface area contributed by atoms with Gasteiger partial charge in [0.25, 0.3) is 0 Å². The van der Waals surface area contributed by atoms with Crippen LogP contribution in [0.5, 0.6) is 5.75 Å². The molecule has 0 amide bonds. The Morgan fingerprint density at radius 2 is 1.32 bits per heavy atom. The highest BCUT2D eigenvalue weighted by Gasteiger charge is 2.53. The number of halogens is 1. The fourth-order valence-electron chi connectivity index (χ4n) is 2.93. The first kappa shape index (κ1) is 24.1. The molecule has 5 atom stereocenters. The Morgan fingerprint density at radius 3 is 1.84 bits per heavy atom. The van der Waals surface area contributed by atoms with E-state index in [-0.39, 0.29) is 12.4 Å². The van der Waals surface area contributed by atoms with Crippen LogP contribution in [0.25, 0.3) is 0 Å². The SMILES string of the molecule is CC(=O)OCC1O[C@@H](Oc2ccc(F)cc2)C(OC(C)=O)[C@@H](OC(C)=O)[C@@H]1OC(C)=O. The molecule has 1 aliphatic heterocycles. The van der Waals surface area contributed by atoms with Crippen molar-refractivity contribution in [1.82, 2.24) is 0 Å². The fourth-order valence-corrected chi connectivity index (χ4v) is 2.93. The number of carbonyl (C=O) groups is 4. The Hall–Kier alpha value is -3.21. The van der Waals surface area contributed by atoms with Gasteiger partial charge in [0, 0.05) is 27.7 Å². The minimum atomic E-state index is -1.37. The second kappa shape index (κ2) is 10.7. The predicted molar refractivity (Wildman–Crippen MR) is 99.0 cm³/mol. The lowest BCUT2D eigenvalue weighted by Gasteiger charge is -2.43. The molecule has 0 bridgehead atoms. The molecule has 0 saturated carbocycles. The van der Waals surface area contributed by atoms with Crippen LogP contribution in [0.1, 0.15) is 27.7 Å². The summed E-state index contributed by atoms with van der Waals surface area (Å²) in [6.07, 6.45) is -6.48. The standard InChI is InChI=1S/C20H23FO10/c1-10(22)26-9-16-17(27-11(2)23)18(28-12(3)24)19(29-13(4)25)20(31-16)30-15-7-5-14(21)6-8-15/h5-8,16-20H,9H2,1-4H3/t16?,17-,18+,19?,20-/m1/s1. The van der Waals surface area contributed by atoms with Crippen LogP contribution in [-0.4, -0.2) is 61.2 Å².